The molecule has 0 spiro atoms. The predicted molar refractivity (Wildman–Crippen MR) is 90.3 cm³/mol. The van der Waals surface area contributed by atoms with Gasteiger partial charge in [-0.2, -0.15) is 0 Å². The third-order valence-electron chi connectivity index (χ3n) is 4.25. The number of Topliss-reactive ketones (excluding diaryl/α,β-unsaturated/α-hetero) is 1. The first-order chi connectivity index (χ1) is 11.6. The second kappa shape index (κ2) is 7.47. The minimum absolute atomic E-state index is 0.00949. The molecule has 1 aliphatic rings. The Balaban J connectivity index is 1.81. The van der Waals surface area contributed by atoms with Gasteiger partial charge in [0, 0.05) is 26.1 Å². The minimum atomic E-state index is -0.165. The highest BCUT2D eigenvalue weighted by Gasteiger charge is 2.20. The molecule has 1 saturated heterocycles. The van der Waals surface area contributed by atoms with Gasteiger partial charge in [-0.1, -0.05) is 30.3 Å². The van der Waals surface area contributed by atoms with E-state index in [1.54, 1.807) is 0 Å². The number of ether oxygens (including phenoxy) is 1. The lowest BCUT2D eigenvalue weighted by atomic mass is 9.99. The van der Waals surface area contributed by atoms with E-state index in [-0.39, 0.29) is 29.3 Å². The van der Waals surface area contributed by atoms with Crippen molar-refractivity contribution in [3.63, 3.8) is 0 Å². The number of carbonyl (C=O) groups excluding carboxylic acids is 1. The molecule has 5 nitrogen and oxygen atoms in total. The highest BCUT2D eigenvalue weighted by atomic mass is 16.5. The molecule has 1 fully saturated rings. The summed E-state index contributed by atoms with van der Waals surface area (Å²) in [5.74, 6) is -0.278. The van der Waals surface area contributed by atoms with Crippen LogP contribution in [0.1, 0.15) is 21.5 Å². The topological polar surface area (TPSA) is 70.0 Å². The summed E-state index contributed by atoms with van der Waals surface area (Å²) in [7, 11) is 0. The first-order valence-corrected chi connectivity index (χ1v) is 8.06. The summed E-state index contributed by atoms with van der Waals surface area (Å²) in [6.45, 7) is 3.14. The summed E-state index contributed by atoms with van der Waals surface area (Å²) in [4.78, 5) is 14.6. The number of phenolic OH excluding ortho intramolecular Hbond substituents is 2. The molecule has 0 unspecified atom stereocenters. The molecular weight excluding hydrogens is 306 g/mol. The summed E-state index contributed by atoms with van der Waals surface area (Å²) in [6, 6.07) is 12.4. The lowest BCUT2D eigenvalue weighted by molar-refractivity contribution is 0.0335. The monoisotopic (exact) mass is 327 g/mol. The van der Waals surface area contributed by atoms with Gasteiger partial charge in [-0.25, -0.2) is 0 Å². The van der Waals surface area contributed by atoms with Crippen molar-refractivity contribution in [3.05, 3.63) is 59.2 Å². The maximum atomic E-state index is 12.5. The van der Waals surface area contributed by atoms with E-state index >= 15 is 0 Å². The molecule has 0 aliphatic carbocycles. The maximum absolute atomic E-state index is 12.5. The van der Waals surface area contributed by atoms with Gasteiger partial charge in [-0.05, 0) is 17.7 Å². The van der Waals surface area contributed by atoms with Crippen LogP contribution in [0.2, 0.25) is 0 Å². The Labute approximate surface area is 141 Å². The fourth-order valence-electron chi connectivity index (χ4n) is 2.87. The van der Waals surface area contributed by atoms with Gasteiger partial charge in [0.1, 0.15) is 11.5 Å². The maximum Gasteiger partial charge on any atom is 0.170 e. The summed E-state index contributed by atoms with van der Waals surface area (Å²) >= 11 is 0. The minimum Gasteiger partial charge on any atom is -0.507 e. The smallest absolute Gasteiger partial charge is 0.170 e. The molecule has 0 bridgehead atoms. The lowest BCUT2D eigenvalue weighted by Gasteiger charge is -2.27. The third kappa shape index (κ3) is 3.75. The number of ketones is 1. The molecule has 5 heteroatoms. The number of benzene rings is 2. The molecule has 1 aliphatic heterocycles. The van der Waals surface area contributed by atoms with Gasteiger partial charge in [0.15, 0.2) is 5.78 Å². The molecule has 3 rings (SSSR count). The van der Waals surface area contributed by atoms with Crippen molar-refractivity contribution in [2.45, 2.75) is 13.0 Å². The Morgan fingerprint density at radius 1 is 1.04 bits per heavy atom. The summed E-state index contributed by atoms with van der Waals surface area (Å²) in [6.07, 6.45) is 0.218. The van der Waals surface area contributed by atoms with E-state index in [1.807, 2.05) is 30.3 Å². The Bertz CT molecular complexity index is 709. The van der Waals surface area contributed by atoms with Crippen LogP contribution in [0, 0.1) is 0 Å². The largest absolute Gasteiger partial charge is 0.507 e. The van der Waals surface area contributed by atoms with Gasteiger partial charge in [-0.15, -0.1) is 0 Å². The van der Waals surface area contributed by atoms with Gasteiger partial charge in [0.25, 0.3) is 0 Å². The van der Waals surface area contributed by atoms with Crippen LogP contribution in [0.3, 0.4) is 0 Å². The van der Waals surface area contributed by atoms with E-state index in [9.17, 15) is 15.0 Å². The quantitative estimate of drug-likeness (QED) is 0.825. The molecule has 2 aromatic rings. The van der Waals surface area contributed by atoms with Crippen molar-refractivity contribution >= 4 is 5.78 Å². The average molecular weight is 327 g/mol. The molecule has 24 heavy (non-hydrogen) atoms. The zero-order chi connectivity index (χ0) is 16.9. The standard InChI is InChI=1S/C19H21NO4/c21-17-7-6-15(18(22)12-14-4-2-1-3-5-14)19(23)16(17)13-20-8-10-24-11-9-20/h1-7,21,23H,8-13H2. The van der Waals surface area contributed by atoms with Crippen molar-refractivity contribution in [3.8, 4) is 11.5 Å². The van der Waals surface area contributed by atoms with E-state index in [2.05, 4.69) is 4.90 Å². The van der Waals surface area contributed by atoms with Gasteiger partial charge >= 0.3 is 0 Å². The van der Waals surface area contributed by atoms with Crippen LogP contribution in [-0.2, 0) is 17.7 Å². The number of hydrogen-bond acceptors (Lipinski definition) is 5. The Morgan fingerprint density at radius 2 is 1.75 bits per heavy atom. The zero-order valence-electron chi connectivity index (χ0n) is 13.4. The molecule has 126 valence electrons. The summed E-state index contributed by atoms with van der Waals surface area (Å²) in [5.41, 5.74) is 1.54. The molecule has 0 amide bonds. The predicted octanol–water partition coefficient (Wildman–Crippen LogP) is 2.36. The van der Waals surface area contributed by atoms with Crippen LogP contribution in [0.5, 0.6) is 11.5 Å². The van der Waals surface area contributed by atoms with Gasteiger partial charge in [0.05, 0.1) is 24.3 Å². The number of phenols is 2. The van der Waals surface area contributed by atoms with Crippen LogP contribution in [-0.4, -0.2) is 47.2 Å². The van der Waals surface area contributed by atoms with Gasteiger partial charge < -0.3 is 14.9 Å². The molecule has 2 aromatic carbocycles. The first kappa shape index (κ1) is 16.5. The van der Waals surface area contributed by atoms with Gasteiger partial charge in [-0.3, -0.25) is 9.69 Å². The summed E-state index contributed by atoms with van der Waals surface area (Å²) < 4.78 is 5.31. The molecule has 0 atom stereocenters. The normalized spacial score (nSPS) is 15.3. The fraction of sp³-hybridized carbons (Fsp3) is 0.316. The fourth-order valence-corrected chi connectivity index (χ4v) is 2.87. The summed E-state index contributed by atoms with van der Waals surface area (Å²) in [5, 5.41) is 20.6. The van der Waals surface area contributed by atoms with Gasteiger partial charge in [0.2, 0.25) is 0 Å². The lowest BCUT2D eigenvalue weighted by Crippen LogP contribution is -2.35. The van der Waals surface area contributed by atoms with Crippen molar-refractivity contribution in [1.29, 1.82) is 0 Å². The van der Waals surface area contributed by atoms with E-state index in [4.69, 9.17) is 4.74 Å². The number of morpholine rings is 1. The van der Waals surface area contributed by atoms with Crippen LogP contribution < -0.4 is 0 Å². The Kier molecular flexibility index (Phi) is 5.13. The van der Waals surface area contributed by atoms with Crippen LogP contribution >= 0.6 is 0 Å². The Hall–Kier alpha value is -2.37. The number of nitrogens with zero attached hydrogens (tertiary/aromatic N) is 1. The van der Waals surface area contributed by atoms with E-state index in [0.717, 1.165) is 18.7 Å². The Morgan fingerprint density at radius 3 is 2.46 bits per heavy atom. The van der Waals surface area contributed by atoms with Crippen molar-refractivity contribution in [2.75, 3.05) is 26.3 Å². The third-order valence-corrected chi connectivity index (χ3v) is 4.25. The molecule has 1 heterocycles. The highest BCUT2D eigenvalue weighted by Crippen LogP contribution is 2.32. The highest BCUT2D eigenvalue weighted by molar-refractivity contribution is 6.00. The SMILES string of the molecule is O=C(Cc1ccccc1)c1ccc(O)c(CN2CCOCC2)c1O. The van der Waals surface area contributed by atoms with E-state index < -0.39 is 0 Å². The second-order valence-corrected chi connectivity index (χ2v) is 5.93. The second-order valence-electron chi connectivity index (χ2n) is 5.93. The molecule has 0 radical (unpaired) electrons. The zero-order valence-corrected chi connectivity index (χ0v) is 13.4. The number of aromatic hydroxyl groups is 2. The van der Waals surface area contributed by atoms with Crippen LogP contribution in [0.25, 0.3) is 0 Å². The first-order valence-electron chi connectivity index (χ1n) is 8.06. The number of carbonyl (C=O) groups is 1. The number of rotatable bonds is 5. The molecular formula is C19H21NO4. The van der Waals surface area contributed by atoms with Crippen molar-refractivity contribution in [2.24, 2.45) is 0 Å². The molecule has 2 N–H and O–H groups in total. The van der Waals surface area contributed by atoms with Crippen LogP contribution in [0.15, 0.2) is 42.5 Å². The number of hydrogen-bond donors (Lipinski definition) is 2. The van der Waals surface area contributed by atoms with Crippen molar-refractivity contribution in [1.82, 2.24) is 4.90 Å². The van der Waals surface area contributed by atoms with Crippen molar-refractivity contribution < 1.29 is 19.7 Å². The van der Waals surface area contributed by atoms with E-state index in [0.29, 0.717) is 25.3 Å². The molecule has 0 aromatic heterocycles. The molecule has 0 saturated carbocycles. The average Bonchev–Trinajstić information content (AvgIpc) is 2.60. The van der Waals surface area contributed by atoms with Crippen LogP contribution in [0.4, 0.5) is 0 Å². The van der Waals surface area contributed by atoms with E-state index in [1.165, 1.54) is 12.1 Å².